The van der Waals surface area contributed by atoms with Crippen LogP contribution in [0.2, 0.25) is 0 Å². The standard InChI is InChI=1S/C26H23F2N3O3/c1-14(16-8-11-20(27)21(28)13-16)30-23(15-6-9-19(34-2)10-7-15)17-4-3-5-18(12-17)31-24-22(29)25(32)26(24)33/h3-14,23,30-31H,29H2,1-2H3/t14-,23?/m0/s1. The van der Waals surface area contributed by atoms with Crippen LogP contribution < -0.4 is 32.0 Å². The van der Waals surface area contributed by atoms with Crippen LogP contribution in [0.25, 0.3) is 0 Å². The Morgan fingerprint density at radius 1 is 0.853 bits per heavy atom. The largest absolute Gasteiger partial charge is 0.497 e. The van der Waals surface area contributed by atoms with Gasteiger partial charge in [0.2, 0.25) is 0 Å². The predicted octanol–water partition coefficient (Wildman–Crippen LogP) is 4.34. The first-order chi connectivity index (χ1) is 16.3. The Kier molecular flexibility index (Phi) is 6.43. The summed E-state index contributed by atoms with van der Waals surface area (Å²) in [6.45, 7) is 1.86. The van der Waals surface area contributed by atoms with Crippen LogP contribution in [0, 0.1) is 11.6 Å². The average Bonchev–Trinajstić information content (AvgIpc) is 2.87. The van der Waals surface area contributed by atoms with Crippen molar-refractivity contribution in [3.05, 3.63) is 116 Å². The highest BCUT2D eigenvalue weighted by Gasteiger charge is 2.21. The summed E-state index contributed by atoms with van der Waals surface area (Å²) in [5.74, 6) is -1.12. The number of nitrogens with one attached hydrogen (secondary N) is 2. The van der Waals surface area contributed by atoms with E-state index in [9.17, 15) is 18.4 Å². The van der Waals surface area contributed by atoms with E-state index in [0.717, 1.165) is 17.2 Å². The Morgan fingerprint density at radius 2 is 1.56 bits per heavy atom. The van der Waals surface area contributed by atoms with Crippen LogP contribution in [0.1, 0.15) is 35.7 Å². The topological polar surface area (TPSA) is 93.4 Å². The summed E-state index contributed by atoms with van der Waals surface area (Å²) in [6.07, 6.45) is 0. The van der Waals surface area contributed by atoms with Crippen molar-refractivity contribution in [1.82, 2.24) is 5.32 Å². The zero-order valence-electron chi connectivity index (χ0n) is 18.6. The van der Waals surface area contributed by atoms with Gasteiger partial charge in [0.25, 0.3) is 10.9 Å². The molecule has 0 aliphatic carbocycles. The molecule has 4 rings (SSSR count). The fourth-order valence-corrected chi connectivity index (χ4v) is 3.78. The monoisotopic (exact) mass is 463 g/mol. The summed E-state index contributed by atoms with van der Waals surface area (Å²) in [6, 6.07) is 17.9. The van der Waals surface area contributed by atoms with E-state index in [1.54, 1.807) is 19.2 Å². The Labute approximate surface area is 194 Å². The molecule has 34 heavy (non-hydrogen) atoms. The minimum Gasteiger partial charge on any atom is -0.497 e. The molecule has 0 spiro atoms. The molecule has 4 N–H and O–H groups in total. The summed E-state index contributed by atoms with van der Waals surface area (Å²) in [5, 5.41) is 6.38. The summed E-state index contributed by atoms with van der Waals surface area (Å²) in [4.78, 5) is 23.2. The third-order valence-electron chi connectivity index (χ3n) is 5.75. The maximum Gasteiger partial charge on any atom is 0.253 e. The second kappa shape index (κ2) is 9.44. The van der Waals surface area contributed by atoms with Crippen molar-refractivity contribution < 1.29 is 13.5 Å². The Hall–Kier alpha value is -4.04. The van der Waals surface area contributed by atoms with E-state index < -0.39 is 22.5 Å². The van der Waals surface area contributed by atoms with Crippen molar-refractivity contribution in [2.24, 2.45) is 0 Å². The molecule has 0 heterocycles. The van der Waals surface area contributed by atoms with Gasteiger partial charge in [-0.3, -0.25) is 14.9 Å². The maximum absolute atomic E-state index is 13.8. The van der Waals surface area contributed by atoms with Crippen LogP contribution in [-0.2, 0) is 0 Å². The smallest absolute Gasteiger partial charge is 0.253 e. The molecule has 0 amide bonds. The molecule has 0 aliphatic heterocycles. The number of halogens is 2. The van der Waals surface area contributed by atoms with Gasteiger partial charge in [-0.25, -0.2) is 8.78 Å². The highest BCUT2D eigenvalue weighted by Crippen LogP contribution is 2.30. The van der Waals surface area contributed by atoms with Crippen molar-refractivity contribution >= 4 is 17.1 Å². The first-order valence-corrected chi connectivity index (χ1v) is 10.6. The number of nitrogens with two attached hydrogens (primary N) is 1. The highest BCUT2D eigenvalue weighted by atomic mass is 19.2. The van der Waals surface area contributed by atoms with Crippen LogP contribution in [0.5, 0.6) is 5.75 Å². The summed E-state index contributed by atoms with van der Waals surface area (Å²) in [5.41, 5.74) is 7.18. The molecule has 0 saturated carbocycles. The minimum absolute atomic E-state index is 0.0752. The average molecular weight is 463 g/mol. The van der Waals surface area contributed by atoms with Crippen LogP contribution in [0.3, 0.4) is 0 Å². The van der Waals surface area contributed by atoms with Gasteiger partial charge in [0.05, 0.1) is 13.2 Å². The molecule has 1 unspecified atom stereocenters. The van der Waals surface area contributed by atoms with E-state index in [1.165, 1.54) is 12.1 Å². The lowest BCUT2D eigenvalue weighted by atomic mass is 9.96. The van der Waals surface area contributed by atoms with Gasteiger partial charge in [0, 0.05) is 11.7 Å². The molecule has 8 heteroatoms. The minimum atomic E-state index is -0.913. The van der Waals surface area contributed by atoms with Crippen molar-refractivity contribution in [2.45, 2.75) is 19.0 Å². The fraction of sp³-hybridized carbons (Fsp3) is 0.154. The fourth-order valence-electron chi connectivity index (χ4n) is 3.78. The van der Waals surface area contributed by atoms with Crippen LogP contribution in [0.15, 0.2) is 76.3 Å². The van der Waals surface area contributed by atoms with Crippen molar-refractivity contribution in [1.29, 1.82) is 0 Å². The van der Waals surface area contributed by atoms with Gasteiger partial charge in [-0.2, -0.15) is 0 Å². The Bertz CT molecular complexity index is 1400. The Balaban J connectivity index is 1.68. The first kappa shape index (κ1) is 23.1. The van der Waals surface area contributed by atoms with Gasteiger partial charge in [-0.15, -0.1) is 0 Å². The molecule has 4 aromatic rings. The number of rotatable bonds is 8. The molecule has 0 aromatic heterocycles. The number of hydrogen-bond donors (Lipinski definition) is 3. The van der Waals surface area contributed by atoms with Crippen LogP contribution in [0.4, 0.5) is 25.8 Å². The molecule has 2 atom stereocenters. The van der Waals surface area contributed by atoms with Gasteiger partial charge in [0.15, 0.2) is 11.6 Å². The molecule has 6 nitrogen and oxygen atoms in total. The summed E-state index contributed by atoms with van der Waals surface area (Å²) < 4.78 is 32.5. The molecule has 4 aromatic carbocycles. The van der Waals surface area contributed by atoms with Gasteiger partial charge in [-0.05, 0) is 60.0 Å². The van der Waals surface area contributed by atoms with Crippen molar-refractivity contribution in [3.63, 3.8) is 0 Å². The second-order valence-electron chi connectivity index (χ2n) is 7.97. The lowest BCUT2D eigenvalue weighted by molar-refractivity contribution is 0.414. The van der Waals surface area contributed by atoms with Gasteiger partial charge in [0.1, 0.15) is 17.1 Å². The first-order valence-electron chi connectivity index (χ1n) is 10.6. The lowest BCUT2D eigenvalue weighted by Gasteiger charge is -2.25. The van der Waals surface area contributed by atoms with Gasteiger partial charge >= 0.3 is 0 Å². The number of hydrogen-bond acceptors (Lipinski definition) is 6. The summed E-state index contributed by atoms with van der Waals surface area (Å²) in [7, 11) is 1.58. The van der Waals surface area contributed by atoms with Crippen LogP contribution >= 0.6 is 0 Å². The Morgan fingerprint density at radius 3 is 2.21 bits per heavy atom. The van der Waals surface area contributed by atoms with E-state index in [-0.39, 0.29) is 23.5 Å². The van der Waals surface area contributed by atoms with E-state index in [2.05, 4.69) is 10.6 Å². The molecule has 0 aliphatic rings. The molecule has 0 saturated heterocycles. The quantitative estimate of drug-likeness (QED) is 0.337. The molecule has 0 fully saturated rings. The molecular weight excluding hydrogens is 440 g/mol. The molecule has 174 valence electrons. The second-order valence-corrected chi connectivity index (χ2v) is 7.97. The van der Waals surface area contributed by atoms with E-state index in [1.807, 2.05) is 43.3 Å². The number of anilines is 3. The molecule has 0 bridgehead atoms. The van der Waals surface area contributed by atoms with Gasteiger partial charge in [-0.1, -0.05) is 30.3 Å². The molecule has 0 radical (unpaired) electrons. The normalized spacial score (nSPS) is 12.9. The van der Waals surface area contributed by atoms with E-state index >= 15 is 0 Å². The zero-order valence-corrected chi connectivity index (χ0v) is 18.6. The summed E-state index contributed by atoms with van der Waals surface area (Å²) >= 11 is 0. The zero-order chi connectivity index (χ0) is 24.4. The lowest BCUT2D eigenvalue weighted by Crippen LogP contribution is -2.36. The van der Waals surface area contributed by atoms with Crippen molar-refractivity contribution in [2.75, 3.05) is 18.2 Å². The van der Waals surface area contributed by atoms with Crippen LogP contribution in [-0.4, -0.2) is 7.11 Å². The SMILES string of the molecule is COc1ccc(C(N[C@@H](C)c2ccc(F)c(F)c2)c2cccc(Nc3c(N)c(=O)c3=O)c2)cc1. The van der Waals surface area contributed by atoms with Crippen molar-refractivity contribution in [3.8, 4) is 5.75 Å². The third-order valence-corrected chi connectivity index (χ3v) is 5.75. The number of nitrogen functional groups attached to an aromatic ring is 1. The number of ether oxygens (including phenoxy) is 1. The number of methoxy groups -OCH3 is 1. The maximum atomic E-state index is 13.8. The third kappa shape index (κ3) is 4.53. The predicted molar refractivity (Wildman–Crippen MR) is 128 cm³/mol. The highest BCUT2D eigenvalue weighted by molar-refractivity contribution is 5.76. The van der Waals surface area contributed by atoms with E-state index in [4.69, 9.17) is 10.5 Å². The number of benzene rings is 3. The molecular formula is C26H23F2N3O3. The van der Waals surface area contributed by atoms with Gasteiger partial charge < -0.3 is 15.8 Å². The van der Waals surface area contributed by atoms with E-state index in [0.29, 0.717) is 17.0 Å².